The van der Waals surface area contributed by atoms with Gasteiger partial charge in [0.15, 0.2) is 0 Å². The topological polar surface area (TPSA) is 79.5 Å². The van der Waals surface area contributed by atoms with Gasteiger partial charge in [0.05, 0.1) is 6.26 Å². The van der Waals surface area contributed by atoms with Crippen LogP contribution in [0.25, 0.3) is 0 Å². The van der Waals surface area contributed by atoms with Crippen LogP contribution in [0.3, 0.4) is 0 Å². The number of nitrogens with zero attached hydrogens (tertiary/aromatic N) is 4. The zero-order valence-corrected chi connectivity index (χ0v) is 10.8. The van der Waals surface area contributed by atoms with Crippen LogP contribution in [0.2, 0.25) is 0 Å². The molecule has 0 spiro atoms. The van der Waals surface area contributed by atoms with Crippen LogP contribution in [-0.2, 0) is 16.4 Å². The highest BCUT2D eigenvalue weighted by molar-refractivity contribution is 7.88. The van der Waals surface area contributed by atoms with Crippen LogP contribution in [0.1, 0.15) is 12.8 Å². The van der Waals surface area contributed by atoms with Gasteiger partial charge in [0.25, 0.3) is 0 Å². The van der Waals surface area contributed by atoms with Crippen molar-refractivity contribution in [3.63, 3.8) is 0 Å². The molecule has 1 saturated heterocycles. The first-order valence-corrected chi connectivity index (χ1v) is 7.38. The molecular weight excluding hydrogens is 244 g/mol. The van der Waals surface area contributed by atoms with Crippen molar-refractivity contribution in [3.8, 4) is 0 Å². The monoisotopic (exact) mass is 260 g/mol. The molecule has 0 bridgehead atoms. The van der Waals surface area contributed by atoms with Crippen LogP contribution >= 0.6 is 0 Å². The smallest absolute Gasteiger partial charge is 0.318 e. The van der Waals surface area contributed by atoms with Gasteiger partial charge in [-0.2, -0.15) is 4.31 Å². The number of hydrogen-bond acceptors (Lipinski definition) is 6. The summed E-state index contributed by atoms with van der Waals surface area (Å²) in [4.78, 5) is 1.91. The molecule has 0 aliphatic carbocycles. The summed E-state index contributed by atoms with van der Waals surface area (Å²) in [5.74, 6) is 0.602. The highest BCUT2D eigenvalue weighted by atomic mass is 32.2. The molecule has 17 heavy (non-hydrogen) atoms. The van der Waals surface area contributed by atoms with E-state index < -0.39 is 10.0 Å². The fourth-order valence-corrected chi connectivity index (χ4v) is 2.55. The van der Waals surface area contributed by atoms with Gasteiger partial charge >= 0.3 is 6.01 Å². The third kappa shape index (κ3) is 2.75. The second kappa shape index (κ2) is 4.61. The summed E-state index contributed by atoms with van der Waals surface area (Å²) in [5.41, 5.74) is 0. The van der Waals surface area contributed by atoms with Gasteiger partial charge in [-0.25, -0.2) is 8.42 Å². The van der Waals surface area contributed by atoms with Gasteiger partial charge in [-0.15, -0.1) is 5.10 Å². The maximum atomic E-state index is 11.3. The van der Waals surface area contributed by atoms with E-state index in [9.17, 15) is 8.42 Å². The highest BCUT2D eigenvalue weighted by Gasteiger charge is 2.25. The largest absolute Gasteiger partial charge is 0.408 e. The Bertz CT molecular complexity index is 476. The van der Waals surface area contributed by atoms with E-state index in [0.717, 1.165) is 0 Å². The van der Waals surface area contributed by atoms with Crippen LogP contribution < -0.4 is 4.90 Å². The molecule has 0 N–H and O–H groups in total. The van der Waals surface area contributed by atoms with Gasteiger partial charge in [-0.05, 0) is 0 Å². The van der Waals surface area contributed by atoms with Crippen molar-refractivity contribution in [2.45, 2.75) is 13.3 Å². The van der Waals surface area contributed by atoms with E-state index in [1.54, 1.807) is 0 Å². The van der Waals surface area contributed by atoms with Crippen LogP contribution in [0, 0.1) is 0 Å². The molecule has 0 aromatic carbocycles. The average molecular weight is 260 g/mol. The lowest BCUT2D eigenvalue weighted by molar-refractivity contribution is 0.371. The summed E-state index contributed by atoms with van der Waals surface area (Å²) >= 11 is 0. The first-order valence-electron chi connectivity index (χ1n) is 5.53. The Kier molecular flexibility index (Phi) is 3.34. The SMILES string of the molecule is CCc1nnc(N2CCN(S(C)(=O)=O)CC2)o1. The average Bonchev–Trinajstić information content (AvgIpc) is 2.76. The first kappa shape index (κ1) is 12.3. The number of sulfonamides is 1. The van der Waals surface area contributed by atoms with Crippen molar-refractivity contribution in [2.75, 3.05) is 37.3 Å². The molecule has 2 heterocycles. The normalized spacial score (nSPS) is 18.6. The van der Waals surface area contributed by atoms with Crippen molar-refractivity contribution in [2.24, 2.45) is 0 Å². The molecule has 2 rings (SSSR count). The van der Waals surface area contributed by atoms with Crippen molar-refractivity contribution < 1.29 is 12.8 Å². The second-order valence-corrected chi connectivity index (χ2v) is 5.96. The lowest BCUT2D eigenvalue weighted by atomic mass is 10.4. The Hall–Kier alpha value is -1.15. The number of rotatable bonds is 3. The summed E-state index contributed by atoms with van der Waals surface area (Å²) in [5, 5.41) is 7.83. The molecular formula is C9H16N4O3S. The van der Waals surface area contributed by atoms with Crippen molar-refractivity contribution in [1.82, 2.24) is 14.5 Å². The van der Waals surface area contributed by atoms with Crippen LogP contribution in [-0.4, -0.2) is 55.4 Å². The Morgan fingerprint density at radius 3 is 2.35 bits per heavy atom. The molecule has 1 aliphatic rings. The Balaban J connectivity index is 1.99. The second-order valence-electron chi connectivity index (χ2n) is 3.98. The Labute approximate surface area is 100 Å². The molecule has 0 saturated carbocycles. The molecule has 1 aromatic rings. The summed E-state index contributed by atoms with van der Waals surface area (Å²) < 4.78 is 29.6. The van der Waals surface area contributed by atoms with E-state index in [2.05, 4.69) is 10.2 Å². The molecule has 1 fully saturated rings. The molecule has 7 nitrogen and oxygen atoms in total. The number of aromatic nitrogens is 2. The highest BCUT2D eigenvalue weighted by Crippen LogP contribution is 2.15. The predicted octanol–water partition coefficient (Wildman–Crippen LogP) is -0.286. The Morgan fingerprint density at radius 1 is 1.24 bits per heavy atom. The Morgan fingerprint density at radius 2 is 1.88 bits per heavy atom. The molecule has 8 heteroatoms. The van der Waals surface area contributed by atoms with E-state index in [0.29, 0.717) is 44.5 Å². The van der Waals surface area contributed by atoms with Gasteiger partial charge in [0.1, 0.15) is 0 Å². The van der Waals surface area contributed by atoms with E-state index >= 15 is 0 Å². The fourth-order valence-electron chi connectivity index (χ4n) is 1.73. The molecule has 0 unspecified atom stereocenters. The summed E-state index contributed by atoms with van der Waals surface area (Å²) in [6, 6.07) is 0.481. The molecule has 1 aliphatic heterocycles. The molecule has 0 atom stereocenters. The molecule has 0 radical (unpaired) electrons. The predicted molar refractivity (Wildman–Crippen MR) is 62.3 cm³/mol. The van der Waals surface area contributed by atoms with Gasteiger partial charge in [-0.1, -0.05) is 12.0 Å². The summed E-state index contributed by atoms with van der Waals surface area (Å²) in [6.07, 6.45) is 1.93. The molecule has 1 aromatic heterocycles. The van der Waals surface area contributed by atoms with Crippen LogP contribution in [0.5, 0.6) is 0 Å². The minimum Gasteiger partial charge on any atom is -0.408 e. The zero-order valence-electron chi connectivity index (χ0n) is 9.96. The quantitative estimate of drug-likeness (QED) is 0.743. The van der Waals surface area contributed by atoms with E-state index in [4.69, 9.17) is 4.42 Å². The summed E-state index contributed by atoms with van der Waals surface area (Å²) in [6.45, 7) is 4.03. The minimum atomic E-state index is -3.09. The van der Waals surface area contributed by atoms with Gasteiger partial charge in [0, 0.05) is 32.6 Å². The fraction of sp³-hybridized carbons (Fsp3) is 0.778. The number of aryl methyl sites for hydroxylation is 1. The van der Waals surface area contributed by atoms with Crippen LogP contribution in [0.4, 0.5) is 6.01 Å². The number of piperazine rings is 1. The summed E-state index contributed by atoms with van der Waals surface area (Å²) in [7, 11) is -3.09. The lowest BCUT2D eigenvalue weighted by Gasteiger charge is -2.31. The molecule has 0 amide bonds. The molecule has 96 valence electrons. The standard InChI is InChI=1S/C9H16N4O3S/c1-3-8-10-11-9(16-8)12-4-6-13(7-5-12)17(2,14)15/h3-7H2,1-2H3. The van der Waals surface area contributed by atoms with E-state index in [1.165, 1.54) is 10.6 Å². The maximum Gasteiger partial charge on any atom is 0.318 e. The lowest BCUT2D eigenvalue weighted by Crippen LogP contribution is -2.48. The van der Waals surface area contributed by atoms with Gasteiger partial charge in [-0.3, -0.25) is 0 Å². The van der Waals surface area contributed by atoms with E-state index in [-0.39, 0.29) is 0 Å². The van der Waals surface area contributed by atoms with Crippen LogP contribution in [0.15, 0.2) is 4.42 Å². The maximum absolute atomic E-state index is 11.3. The first-order chi connectivity index (χ1) is 8.00. The van der Waals surface area contributed by atoms with E-state index in [1.807, 2.05) is 11.8 Å². The van der Waals surface area contributed by atoms with Gasteiger partial charge in [0.2, 0.25) is 15.9 Å². The van der Waals surface area contributed by atoms with Crippen molar-refractivity contribution in [3.05, 3.63) is 5.89 Å². The number of hydrogen-bond donors (Lipinski definition) is 0. The van der Waals surface area contributed by atoms with Crippen molar-refractivity contribution in [1.29, 1.82) is 0 Å². The third-order valence-electron chi connectivity index (χ3n) is 2.74. The third-order valence-corrected chi connectivity index (χ3v) is 4.04. The van der Waals surface area contributed by atoms with Gasteiger partial charge < -0.3 is 9.32 Å². The zero-order chi connectivity index (χ0) is 12.5. The van der Waals surface area contributed by atoms with Crippen molar-refractivity contribution >= 4 is 16.0 Å². The minimum absolute atomic E-state index is 0.461. The number of anilines is 1.